The number of aromatic carboxylic acids is 2. The molecule has 62 heavy (non-hydrogen) atoms. The van der Waals surface area contributed by atoms with Gasteiger partial charge in [0.05, 0.1) is 69.0 Å². The molecule has 0 bridgehead atoms. The molecule has 0 saturated carbocycles. The first-order valence-electron chi connectivity index (χ1n) is 18.3. The number of methoxy groups -OCH3 is 2. The summed E-state index contributed by atoms with van der Waals surface area (Å²) in [7, 11) is -5.15. The zero-order valence-electron chi connectivity index (χ0n) is 33.5. The molecule has 2 amide bonds. The lowest BCUT2D eigenvalue weighted by molar-refractivity contribution is 0.0687. The summed E-state index contributed by atoms with van der Waals surface area (Å²) in [6.45, 7) is 3.33. The summed E-state index contributed by atoms with van der Waals surface area (Å²) in [6, 6.07) is 33.3. The summed E-state index contributed by atoms with van der Waals surface area (Å²) in [5.41, 5.74) is 1.05. The Kier molecular flexibility index (Phi) is 14.3. The average molecular weight is 881 g/mol. The van der Waals surface area contributed by atoms with E-state index in [0.717, 1.165) is 0 Å². The summed E-state index contributed by atoms with van der Waals surface area (Å²) < 4.78 is 66.9. The normalized spacial score (nSPS) is 10.9. The number of hydrogen-bond donors (Lipinski definition) is 6. The van der Waals surface area contributed by atoms with E-state index in [2.05, 4.69) is 20.1 Å². The molecule has 0 atom stereocenters. The molecule has 0 saturated heterocycles. The third kappa shape index (κ3) is 10.9. The van der Waals surface area contributed by atoms with Crippen LogP contribution in [0.4, 0.5) is 22.7 Å². The Labute approximate surface area is 357 Å². The fourth-order valence-corrected chi connectivity index (χ4v) is 8.56. The first-order valence-corrected chi connectivity index (χ1v) is 21.2. The summed E-state index contributed by atoms with van der Waals surface area (Å²) in [6.07, 6.45) is 0. The highest BCUT2D eigenvalue weighted by Gasteiger charge is 2.24. The van der Waals surface area contributed by atoms with Crippen LogP contribution < -0.4 is 29.6 Å². The number of nitrogens with one attached hydrogen (secondary N) is 4. The molecule has 0 aliphatic carbocycles. The molecule has 0 aliphatic rings. The number of sulfonamides is 2. The fourth-order valence-electron chi connectivity index (χ4n) is 5.91. The molecular formula is C44H40N4O12S2. The Balaban J connectivity index is 0.000000234. The number of rotatable bonds is 14. The van der Waals surface area contributed by atoms with E-state index in [1.807, 2.05) is 0 Å². The molecule has 0 heterocycles. The molecular weight excluding hydrogens is 841 g/mol. The minimum absolute atomic E-state index is 0.00171. The smallest absolute Gasteiger partial charge is 0.337 e. The van der Waals surface area contributed by atoms with E-state index in [1.54, 1.807) is 62.4 Å². The quantitative estimate of drug-likeness (QED) is 0.0623. The molecule has 6 aromatic rings. The zero-order valence-corrected chi connectivity index (χ0v) is 35.1. The van der Waals surface area contributed by atoms with Gasteiger partial charge in [-0.05, 0) is 91.7 Å². The Morgan fingerprint density at radius 2 is 0.855 bits per heavy atom. The lowest BCUT2D eigenvalue weighted by Crippen LogP contribution is -2.20. The lowest BCUT2D eigenvalue weighted by Gasteiger charge is -2.15. The van der Waals surface area contributed by atoms with Crippen LogP contribution >= 0.6 is 0 Å². The van der Waals surface area contributed by atoms with Crippen molar-refractivity contribution in [3.63, 3.8) is 0 Å². The van der Waals surface area contributed by atoms with Crippen molar-refractivity contribution in [1.82, 2.24) is 0 Å². The highest BCUT2D eigenvalue weighted by atomic mass is 32.2. The predicted octanol–water partition coefficient (Wildman–Crippen LogP) is 7.51. The third-order valence-corrected chi connectivity index (χ3v) is 12.1. The van der Waals surface area contributed by atoms with Gasteiger partial charge >= 0.3 is 11.9 Å². The molecule has 0 unspecified atom stereocenters. The minimum atomic E-state index is -4.00. The Morgan fingerprint density at radius 1 is 0.452 bits per heavy atom. The molecule has 0 spiro atoms. The summed E-state index contributed by atoms with van der Waals surface area (Å²) in [4.78, 5) is 48.9. The maximum absolute atomic E-state index is 13.0. The number of carboxylic acids is 2. The monoisotopic (exact) mass is 880 g/mol. The number of ether oxygens (including phenoxy) is 2. The van der Waals surface area contributed by atoms with Crippen molar-refractivity contribution in [3.05, 3.63) is 167 Å². The van der Waals surface area contributed by atoms with Gasteiger partial charge in [0.2, 0.25) is 0 Å². The molecule has 0 radical (unpaired) electrons. The largest absolute Gasteiger partial charge is 0.497 e. The van der Waals surface area contributed by atoms with Crippen LogP contribution in [0.2, 0.25) is 0 Å². The number of anilines is 4. The number of carboxylic acid groups (broad SMARTS) is 2. The first kappa shape index (κ1) is 45.4. The topological polar surface area (TPSA) is 244 Å². The van der Waals surface area contributed by atoms with Crippen molar-refractivity contribution >= 4 is 66.5 Å². The second-order valence-electron chi connectivity index (χ2n) is 13.2. The van der Waals surface area contributed by atoms with Crippen LogP contribution in [0.25, 0.3) is 0 Å². The average Bonchev–Trinajstić information content (AvgIpc) is 3.24. The molecule has 0 aromatic heterocycles. The molecule has 6 aromatic carbocycles. The van der Waals surface area contributed by atoms with Crippen molar-refractivity contribution in [2.45, 2.75) is 23.6 Å². The molecule has 0 fully saturated rings. The minimum Gasteiger partial charge on any atom is -0.497 e. The van der Waals surface area contributed by atoms with E-state index in [-0.39, 0.29) is 54.8 Å². The van der Waals surface area contributed by atoms with Crippen LogP contribution in [0.15, 0.2) is 143 Å². The number of carbonyl (C=O) groups is 4. The van der Waals surface area contributed by atoms with Gasteiger partial charge in [0.15, 0.2) is 0 Å². The van der Waals surface area contributed by atoms with Gasteiger partial charge in [-0.1, -0.05) is 60.7 Å². The van der Waals surface area contributed by atoms with E-state index >= 15 is 0 Å². The zero-order chi connectivity index (χ0) is 45.2. The number of para-hydroxylation sites is 2. The van der Waals surface area contributed by atoms with Gasteiger partial charge in [-0.3, -0.25) is 19.0 Å². The maximum Gasteiger partial charge on any atom is 0.337 e. The number of amides is 2. The van der Waals surface area contributed by atoms with E-state index < -0.39 is 43.8 Å². The van der Waals surface area contributed by atoms with Gasteiger partial charge in [0.1, 0.15) is 11.5 Å². The number of aryl methyl sites for hydroxylation is 2. The van der Waals surface area contributed by atoms with Crippen LogP contribution in [0.3, 0.4) is 0 Å². The molecule has 16 nitrogen and oxygen atoms in total. The van der Waals surface area contributed by atoms with E-state index in [1.165, 1.54) is 99.1 Å². The van der Waals surface area contributed by atoms with Crippen LogP contribution in [-0.4, -0.2) is 65.0 Å². The number of hydrogen-bond acceptors (Lipinski definition) is 10. The highest BCUT2D eigenvalue weighted by Crippen LogP contribution is 2.29. The Morgan fingerprint density at radius 3 is 1.32 bits per heavy atom. The van der Waals surface area contributed by atoms with Gasteiger partial charge in [0, 0.05) is 6.07 Å². The van der Waals surface area contributed by atoms with Gasteiger partial charge in [-0.2, -0.15) is 0 Å². The van der Waals surface area contributed by atoms with E-state index in [0.29, 0.717) is 22.6 Å². The van der Waals surface area contributed by atoms with Crippen molar-refractivity contribution < 1.29 is 55.7 Å². The van der Waals surface area contributed by atoms with Crippen LogP contribution in [0.5, 0.6) is 11.5 Å². The van der Waals surface area contributed by atoms with Gasteiger partial charge in [-0.15, -0.1) is 0 Å². The molecule has 0 aliphatic heterocycles. The van der Waals surface area contributed by atoms with Crippen molar-refractivity contribution in [3.8, 4) is 11.5 Å². The van der Waals surface area contributed by atoms with Crippen molar-refractivity contribution in [2.24, 2.45) is 0 Å². The van der Waals surface area contributed by atoms with Gasteiger partial charge < -0.3 is 30.3 Å². The first-order chi connectivity index (χ1) is 29.4. The molecule has 6 rings (SSSR count). The van der Waals surface area contributed by atoms with Crippen molar-refractivity contribution in [1.29, 1.82) is 0 Å². The standard InChI is InChI=1S/2C22H20N2O6S/c1-14-7-3-6-10-20(14)31(28,29)24-19-13-15(30-2)11-12-16(19)21(25)23-18-9-5-4-8-17(18)22(26)27;1-14-7-3-6-10-20(14)31(28,29)24-19-12-11-15(30-2)13-17(19)21(25)23-18-9-5-4-8-16(18)22(26)27/h2*3-13,24H,1-2H3,(H,23,25)(H,26,27). The van der Waals surface area contributed by atoms with Crippen LogP contribution in [0.1, 0.15) is 52.6 Å². The SMILES string of the molecule is COc1ccc(C(=O)Nc2ccccc2C(=O)O)c(NS(=O)(=O)c2ccccc2C)c1.COc1ccc(NS(=O)(=O)c2ccccc2C)c(C(=O)Nc2ccccc2C(=O)O)c1. The Hall–Kier alpha value is -7.70. The summed E-state index contributed by atoms with van der Waals surface area (Å²) >= 11 is 0. The molecule has 320 valence electrons. The fraction of sp³-hybridized carbons (Fsp3) is 0.0909. The van der Waals surface area contributed by atoms with Gasteiger partial charge in [0.25, 0.3) is 31.9 Å². The van der Waals surface area contributed by atoms with E-state index in [9.17, 15) is 46.2 Å². The second kappa shape index (κ2) is 19.6. The third-order valence-electron chi connectivity index (χ3n) is 9.01. The van der Waals surface area contributed by atoms with E-state index in [4.69, 9.17) is 9.47 Å². The summed E-state index contributed by atoms with van der Waals surface area (Å²) in [5, 5.41) is 23.7. The highest BCUT2D eigenvalue weighted by molar-refractivity contribution is 7.93. The Bertz CT molecular complexity index is 2900. The molecule has 6 N–H and O–H groups in total. The second-order valence-corrected chi connectivity index (χ2v) is 16.5. The maximum atomic E-state index is 13.0. The lowest BCUT2D eigenvalue weighted by atomic mass is 10.1. The van der Waals surface area contributed by atoms with Crippen molar-refractivity contribution in [2.75, 3.05) is 34.3 Å². The van der Waals surface area contributed by atoms with Gasteiger partial charge in [-0.25, -0.2) is 26.4 Å². The number of carbonyl (C=O) groups excluding carboxylic acids is 2. The summed E-state index contributed by atoms with van der Waals surface area (Å²) in [5.74, 6) is -3.12. The predicted molar refractivity (Wildman–Crippen MR) is 233 cm³/mol. The van der Waals surface area contributed by atoms with Crippen LogP contribution in [-0.2, 0) is 20.0 Å². The number of benzene rings is 6. The molecule has 18 heteroatoms. The van der Waals surface area contributed by atoms with Crippen LogP contribution in [0, 0.1) is 13.8 Å².